The first kappa shape index (κ1) is 15.4. The summed E-state index contributed by atoms with van der Waals surface area (Å²) in [6.45, 7) is 4.14. The Hall–Kier alpha value is -1.69. The fraction of sp³-hybridized carbons (Fsp3) is 0.385. The van der Waals surface area contributed by atoms with Crippen LogP contribution in [0.1, 0.15) is 21.5 Å². The van der Waals surface area contributed by atoms with E-state index in [1.807, 2.05) is 13.2 Å². The summed E-state index contributed by atoms with van der Waals surface area (Å²) in [5.74, 6) is -0.159. The maximum atomic E-state index is 11.6. The molecule has 0 atom stereocenters. The highest BCUT2D eigenvalue weighted by Gasteiger charge is 2.12. The lowest BCUT2D eigenvalue weighted by Crippen LogP contribution is -2.30. The molecule has 0 aliphatic heterocycles. The number of hydrogen-bond donors (Lipinski definition) is 3. The minimum Gasteiger partial charge on any atom is -0.478 e. The van der Waals surface area contributed by atoms with Gasteiger partial charge < -0.3 is 15.7 Å². The van der Waals surface area contributed by atoms with Crippen LogP contribution in [0.15, 0.2) is 12.1 Å². The monoisotopic (exact) mass is 282 g/mol. The van der Waals surface area contributed by atoms with E-state index in [-0.39, 0.29) is 11.6 Å². The van der Waals surface area contributed by atoms with Crippen LogP contribution >= 0.6 is 11.8 Å². The number of thioether (sulfide) groups is 1. The highest BCUT2D eigenvalue weighted by Crippen LogP contribution is 2.19. The molecule has 0 heterocycles. The fourth-order valence-corrected chi connectivity index (χ4v) is 1.90. The van der Waals surface area contributed by atoms with Crippen LogP contribution in [0.4, 0.5) is 10.5 Å². The number of amides is 2. The maximum Gasteiger partial charge on any atom is 0.336 e. The summed E-state index contributed by atoms with van der Waals surface area (Å²) in [4.78, 5) is 22.7. The first-order valence-corrected chi connectivity index (χ1v) is 7.23. The third-order valence-corrected chi connectivity index (χ3v) is 3.36. The number of aromatic carboxylic acids is 1. The van der Waals surface area contributed by atoms with Crippen molar-refractivity contribution >= 4 is 29.4 Å². The molecular formula is C13H18N2O3S. The van der Waals surface area contributed by atoms with Crippen molar-refractivity contribution in [3.05, 3.63) is 28.8 Å². The van der Waals surface area contributed by atoms with Crippen molar-refractivity contribution in [2.75, 3.05) is 23.9 Å². The first-order valence-electron chi connectivity index (χ1n) is 5.84. The molecule has 0 radical (unpaired) electrons. The number of carboxylic acids is 1. The van der Waals surface area contributed by atoms with Gasteiger partial charge >= 0.3 is 12.0 Å². The number of rotatable bonds is 5. The number of carboxylic acid groups (broad SMARTS) is 1. The summed E-state index contributed by atoms with van der Waals surface area (Å²) in [7, 11) is 0. The van der Waals surface area contributed by atoms with Crippen LogP contribution in [-0.4, -0.2) is 35.7 Å². The molecule has 104 valence electrons. The zero-order valence-electron chi connectivity index (χ0n) is 11.2. The molecule has 6 heteroatoms. The van der Waals surface area contributed by atoms with Gasteiger partial charge in [0.2, 0.25) is 0 Å². The van der Waals surface area contributed by atoms with Crippen molar-refractivity contribution in [3.63, 3.8) is 0 Å². The van der Waals surface area contributed by atoms with Crippen molar-refractivity contribution < 1.29 is 14.7 Å². The Labute approximate surface area is 116 Å². The summed E-state index contributed by atoms with van der Waals surface area (Å²) in [5, 5.41) is 14.4. The molecule has 1 aromatic rings. The van der Waals surface area contributed by atoms with Gasteiger partial charge in [-0.15, -0.1) is 0 Å². The lowest BCUT2D eigenvalue weighted by atomic mass is 10.0. The Kier molecular flexibility index (Phi) is 5.69. The molecular weight excluding hydrogens is 264 g/mol. The van der Waals surface area contributed by atoms with E-state index in [9.17, 15) is 9.59 Å². The van der Waals surface area contributed by atoms with E-state index >= 15 is 0 Å². The number of nitrogens with one attached hydrogen (secondary N) is 2. The Balaban J connectivity index is 2.79. The van der Waals surface area contributed by atoms with Crippen LogP contribution in [0.3, 0.4) is 0 Å². The molecule has 0 spiro atoms. The first-order chi connectivity index (χ1) is 8.95. The van der Waals surface area contributed by atoms with Crippen LogP contribution in [0, 0.1) is 13.8 Å². The van der Waals surface area contributed by atoms with E-state index in [1.54, 1.807) is 24.8 Å². The second kappa shape index (κ2) is 7.04. The third kappa shape index (κ3) is 4.48. The van der Waals surface area contributed by atoms with Crippen LogP contribution in [0.25, 0.3) is 0 Å². The number of carbonyl (C=O) groups is 2. The minimum atomic E-state index is -0.993. The quantitative estimate of drug-likeness (QED) is 0.725. The molecule has 0 bridgehead atoms. The summed E-state index contributed by atoms with van der Waals surface area (Å²) < 4.78 is 0. The summed E-state index contributed by atoms with van der Waals surface area (Å²) in [6, 6.07) is 2.91. The van der Waals surface area contributed by atoms with Crippen LogP contribution in [-0.2, 0) is 0 Å². The molecule has 3 N–H and O–H groups in total. The molecule has 0 aliphatic carbocycles. The SMILES string of the molecule is CSCCNC(=O)Nc1cc(C)c(C)c(C(=O)O)c1. The lowest BCUT2D eigenvalue weighted by molar-refractivity contribution is 0.0696. The summed E-state index contributed by atoms with van der Waals surface area (Å²) in [5.41, 5.74) is 2.24. The Morgan fingerprint density at radius 3 is 2.58 bits per heavy atom. The molecule has 0 fully saturated rings. The third-order valence-electron chi connectivity index (χ3n) is 2.75. The second-order valence-corrected chi connectivity index (χ2v) is 5.13. The number of carbonyl (C=O) groups excluding carboxylic acids is 1. The summed E-state index contributed by atoms with van der Waals surface area (Å²) in [6.07, 6.45) is 1.96. The molecule has 0 aliphatic rings. The van der Waals surface area contributed by atoms with Crippen LogP contribution in [0.5, 0.6) is 0 Å². The molecule has 1 rings (SSSR count). The van der Waals surface area contributed by atoms with E-state index in [4.69, 9.17) is 5.11 Å². The van der Waals surface area contributed by atoms with Crippen molar-refractivity contribution in [3.8, 4) is 0 Å². The van der Waals surface area contributed by atoms with Crippen molar-refractivity contribution in [2.24, 2.45) is 0 Å². The van der Waals surface area contributed by atoms with E-state index in [0.717, 1.165) is 11.3 Å². The number of benzene rings is 1. The zero-order chi connectivity index (χ0) is 14.4. The topological polar surface area (TPSA) is 78.4 Å². The van der Waals surface area contributed by atoms with Gasteiger partial charge in [-0.3, -0.25) is 0 Å². The zero-order valence-corrected chi connectivity index (χ0v) is 12.1. The Morgan fingerprint density at radius 1 is 1.32 bits per heavy atom. The fourth-order valence-electron chi connectivity index (χ4n) is 1.60. The van der Waals surface area contributed by atoms with Gasteiger partial charge in [-0.1, -0.05) is 0 Å². The van der Waals surface area contributed by atoms with Gasteiger partial charge in [0.15, 0.2) is 0 Å². The molecule has 0 unspecified atom stereocenters. The predicted octanol–water partition coefficient (Wildman–Crippen LogP) is 2.49. The van der Waals surface area contributed by atoms with E-state index in [1.165, 1.54) is 6.07 Å². The van der Waals surface area contributed by atoms with Crippen molar-refractivity contribution in [1.29, 1.82) is 0 Å². The average Bonchev–Trinajstić information content (AvgIpc) is 2.33. The van der Waals surface area contributed by atoms with Crippen LogP contribution < -0.4 is 10.6 Å². The van der Waals surface area contributed by atoms with Gasteiger partial charge in [0, 0.05) is 18.0 Å². The van der Waals surface area contributed by atoms with Crippen LogP contribution in [0.2, 0.25) is 0 Å². The lowest BCUT2D eigenvalue weighted by Gasteiger charge is -2.11. The van der Waals surface area contributed by atoms with Gasteiger partial charge in [0.1, 0.15) is 0 Å². The molecule has 0 saturated heterocycles. The Morgan fingerprint density at radius 2 is 2.00 bits per heavy atom. The number of hydrogen-bond acceptors (Lipinski definition) is 3. The molecule has 5 nitrogen and oxygen atoms in total. The molecule has 2 amide bonds. The average molecular weight is 282 g/mol. The highest BCUT2D eigenvalue weighted by molar-refractivity contribution is 7.98. The molecule has 0 aromatic heterocycles. The van der Waals surface area contributed by atoms with Gasteiger partial charge in [-0.2, -0.15) is 11.8 Å². The highest BCUT2D eigenvalue weighted by atomic mass is 32.2. The normalized spacial score (nSPS) is 10.1. The van der Waals surface area contributed by atoms with E-state index in [2.05, 4.69) is 10.6 Å². The molecule has 0 saturated carbocycles. The second-order valence-electron chi connectivity index (χ2n) is 4.14. The van der Waals surface area contributed by atoms with Crippen molar-refractivity contribution in [2.45, 2.75) is 13.8 Å². The Bertz CT molecular complexity index is 489. The number of urea groups is 1. The van der Waals surface area contributed by atoms with E-state index < -0.39 is 5.97 Å². The number of aryl methyl sites for hydroxylation is 1. The molecule has 1 aromatic carbocycles. The largest absolute Gasteiger partial charge is 0.478 e. The predicted molar refractivity (Wildman–Crippen MR) is 78.3 cm³/mol. The van der Waals surface area contributed by atoms with Gasteiger partial charge in [-0.05, 0) is 43.4 Å². The van der Waals surface area contributed by atoms with Gasteiger partial charge in [-0.25, -0.2) is 9.59 Å². The van der Waals surface area contributed by atoms with Gasteiger partial charge in [0.25, 0.3) is 0 Å². The summed E-state index contributed by atoms with van der Waals surface area (Å²) >= 11 is 1.64. The van der Waals surface area contributed by atoms with Crippen molar-refractivity contribution in [1.82, 2.24) is 5.32 Å². The standard InChI is InChI=1S/C13H18N2O3S/c1-8-6-10(7-11(9(8)2)12(16)17)15-13(18)14-4-5-19-3/h6-7H,4-5H2,1-3H3,(H,16,17)(H2,14,15,18). The maximum absolute atomic E-state index is 11.6. The van der Waals surface area contributed by atoms with E-state index in [0.29, 0.717) is 17.8 Å². The van der Waals surface area contributed by atoms with Gasteiger partial charge in [0.05, 0.1) is 5.56 Å². The number of anilines is 1. The minimum absolute atomic E-state index is 0.208. The molecule has 19 heavy (non-hydrogen) atoms. The smallest absolute Gasteiger partial charge is 0.336 e.